The molecule has 6 nitrogen and oxygen atoms in total. The predicted octanol–water partition coefficient (Wildman–Crippen LogP) is 3.92. The number of rotatable bonds is 6. The summed E-state index contributed by atoms with van der Waals surface area (Å²) < 4.78 is 28.8. The molecule has 0 aliphatic carbocycles. The quantitative estimate of drug-likeness (QED) is 0.651. The smallest absolute Gasteiger partial charge is 0.375 e. The SMILES string of the molecule is COc1ccc2oc(C(=O)OCC(=O)N[C@@H](C)c3ccc(F)cc3)c(C)c2c1. The Morgan fingerprint density at radius 2 is 1.89 bits per heavy atom. The average molecular weight is 385 g/mol. The maximum atomic E-state index is 13.0. The van der Waals surface area contributed by atoms with E-state index in [0.717, 1.165) is 10.9 Å². The molecule has 0 spiro atoms. The lowest BCUT2D eigenvalue weighted by atomic mass is 10.1. The van der Waals surface area contributed by atoms with E-state index in [1.165, 1.54) is 12.1 Å². The summed E-state index contributed by atoms with van der Waals surface area (Å²) in [6.07, 6.45) is 0. The standard InChI is InChI=1S/C21H20FNO5/c1-12-17-10-16(26-3)8-9-18(17)28-20(12)21(25)27-11-19(24)23-13(2)14-4-6-15(22)7-5-14/h4-10,13H,11H2,1-3H3,(H,23,24)/t13-/m0/s1. The van der Waals surface area contributed by atoms with Crippen LogP contribution in [0.1, 0.15) is 34.6 Å². The Morgan fingerprint density at radius 1 is 1.18 bits per heavy atom. The molecule has 1 amide bonds. The van der Waals surface area contributed by atoms with Gasteiger partial charge in [-0.25, -0.2) is 9.18 Å². The molecule has 1 N–H and O–H groups in total. The zero-order chi connectivity index (χ0) is 20.3. The van der Waals surface area contributed by atoms with Gasteiger partial charge in [0, 0.05) is 10.9 Å². The van der Waals surface area contributed by atoms with Crippen LogP contribution in [0.15, 0.2) is 46.9 Å². The Kier molecular flexibility index (Phi) is 5.63. The molecule has 2 aromatic carbocycles. The summed E-state index contributed by atoms with van der Waals surface area (Å²) in [4.78, 5) is 24.4. The van der Waals surface area contributed by atoms with Gasteiger partial charge in [0.15, 0.2) is 6.61 Å². The second kappa shape index (κ2) is 8.12. The molecule has 1 atom stereocenters. The maximum Gasteiger partial charge on any atom is 0.375 e. The molecule has 0 aliphatic heterocycles. The van der Waals surface area contributed by atoms with Crippen molar-refractivity contribution in [2.45, 2.75) is 19.9 Å². The van der Waals surface area contributed by atoms with E-state index in [1.807, 2.05) is 0 Å². The van der Waals surface area contributed by atoms with Crippen molar-refractivity contribution in [2.75, 3.05) is 13.7 Å². The number of nitrogens with one attached hydrogen (secondary N) is 1. The van der Waals surface area contributed by atoms with E-state index < -0.39 is 18.5 Å². The van der Waals surface area contributed by atoms with Gasteiger partial charge in [0.25, 0.3) is 5.91 Å². The number of halogens is 1. The highest BCUT2D eigenvalue weighted by molar-refractivity contribution is 5.97. The summed E-state index contributed by atoms with van der Waals surface area (Å²) in [6, 6.07) is 10.6. The maximum absolute atomic E-state index is 13.0. The Bertz CT molecular complexity index is 1010. The Labute approximate surface area is 161 Å². The van der Waals surface area contributed by atoms with Crippen LogP contribution in [0.2, 0.25) is 0 Å². The zero-order valence-electron chi connectivity index (χ0n) is 15.7. The van der Waals surface area contributed by atoms with E-state index >= 15 is 0 Å². The molecule has 0 saturated heterocycles. The number of fused-ring (bicyclic) bond motifs is 1. The molecule has 7 heteroatoms. The number of carbonyl (C=O) groups is 2. The van der Waals surface area contributed by atoms with Crippen molar-refractivity contribution in [3.63, 3.8) is 0 Å². The molecule has 3 aromatic rings. The highest BCUT2D eigenvalue weighted by Gasteiger charge is 2.21. The molecule has 1 aromatic heterocycles. The number of carbonyl (C=O) groups excluding carboxylic acids is 2. The number of esters is 1. The van der Waals surface area contributed by atoms with Gasteiger partial charge >= 0.3 is 5.97 Å². The summed E-state index contributed by atoms with van der Waals surface area (Å²) in [5.74, 6) is -0.860. The monoisotopic (exact) mass is 385 g/mol. The molecule has 1 heterocycles. The third-order valence-corrected chi connectivity index (χ3v) is 4.41. The van der Waals surface area contributed by atoms with Crippen LogP contribution in [0.4, 0.5) is 4.39 Å². The number of ether oxygens (including phenoxy) is 2. The minimum absolute atomic E-state index is 0.0441. The van der Waals surface area contributed by atoms with Crippen molar-refractivity contribution in [1.29, 1.82) is 0 Å². The predicted molar refractivity (Wildman–Crippen MR) is 101 cm³/mol. The third-order valence-electron chi connectivity index (χ3n) is 4.41. The second-order valence-electron chi connectivity index (χ2n) is 6.34. The number of hydrogen-bond acceptors (Lipinski definition) is 5. The fraction of sp³-hybridized carbons (Fsp3) is 0.238. The fourth-order valence-electron chi connectivity index (χ4n) is 2.84. The van der Waals surface area contributed by atoms with E-state index in [4.69, 9.17) is 13.9 Å². The number of benzene rings is 2. The average Bonchev–Trinajstić information content (AvgIpc) is 3.02. The van der Waals surface area contributed by atoms with E-state index in [1.54, 1.807) is 51.3 Å². The molecule has 0 aliphatic rings. The van der Waals surface area contributed by atoms with Crippen LogP contribution in [-0.4, -0.2) is 25.6 Å². The summed E-state index contributed by atoms with van der Waals surface area (Å²) in [7, 11) is 1.55. The third kappa shape index (κ3) is 4.14. The minimum Gasteiger partial charge on any atom is -0.497 e. The van der Waals surface area contributed by atoms with Crippen molar-refractivity contribution in [1.82, 2.24) is 5.32 Å². The number of furan rings is 1. The van der Waals surface area contributed by atoms with Crippen molar-refractivity contribution in [2.24, 2.45) is 0 Å². The summed E-state index contributed by atoms with van der Waals surface area (Å²) in [5, 5.41) is 3.43. The first kappa shape index (κ1) is 19.4. The molecule has 0 fully saturated rings. The molecule has 0 unspecified atom stereocenters. The van der Waals surface area contributed by atoms with Crippen molar-refractivity contribution < 1.29 is 27.9 Å². The molecule has 146 valence electrons. The van der Waals surface area contributed by atoms with Gasteiger partial charge < -0.3 is 19.2 Å². The molecular weight excluding hydrogens is 365 g/mol. The van der Waals surface area contributed by atoms with Gasteiger partial charge in [0.2, 0.25) is 5.76 Å². The first-order valence-electron chi connectivity index (χ1n) is 8.68. The zero-order valence-corrected chi connectivity index (χ0v) is 15.7. The van der Waals surface area contributed by atoms with E-state index in [2.05, 4.69) is 5.32 Å². The summed E-state index contributed by atoms with van der Waals surface area (Å²) in [6.45, 7) is 3.03. The Hall–Kier alpha value is -3.35. The van der Waals surface area contributed by atoms with E-state index in [-0.39, 0.29) is 17.6 Å². The van der Waals surface area contributed by atoms with Gasteiger partial charge in [-0.2, -0.15) is 0 Å². The molecule has 0 radical (unpaired) electrons. The van der Waals surface area contributed by atoms with E-state index in [9.17, 15) is 14.0 Å². The first-order chi connectivity index (χ1) is 13.4. The Balaban J connectivity index is 1.62. The first-order valence-corrected chi connectivity index (χ1v) is 8.68. The molecule has 3 rings (SSSR count). The minimum atomic E-state index is -0.725. The van der Waals surface area contributed by atoms with Gasteiger partial charge in [0.05, 0.1) is 13.2 Å². The fourth-order valence-corrected chi connectivity index (χ4v) is 2.84. The van der Waals surface area contributed by atoms with Gasteiger partial charge in [-0.1, -0.05) is 12.1 Å². The van der Waals surface area contributed by atoms with Gasteiger partial charge in [-0.05, 0) is 49.7 Å². The van der Waals surface area contributed by atoms with Crippen molar-refractivity contribution in [3.8, 4) is 5.75 Å². The number of methoxy groups -OCH3 is 1. The molecule has 0 bridgehead atoms. The molecule has 28 heavy (non-hydrogen) atoms. The second-order valence-corrected chi connectivity index (χ2v) is 6.34. The van der Waals surface area contributed by atoms with Crippen LogP contribution in [0.5, 0.6) is 5.75 Å². The number of aryl methyl sites for hydroxylation is 1. The normalized spacial score (nSPS) is 11.9. The summed E-state index contributed by atoms with van der Waals surface area (Å²) >= 11 is 0. The van der Waals surface area contributed by atoms with Gasteiger partial charge in [-0.15, -0.1) is 0 Å². The number of hydrogen-bond donors (Lipinski definition) is 1. The van der Waals surface area contributed by atoms with Gasteiger partial charge in [-0.3, -0.25) is 4.79 Å². The lowest BCUT2D eigenvalue weighted by Gasteiger charge is -2.14. The topological polar surface area (TPSA) is 77.8 Å². The van der Waals surface area contributed by atoms with E-state index in [0.29, 0.717) is 16.9 Å². The van der Waals surface area contributed by atoms with Crippen LogP contribution in [0.3, 0.4) is 0 Å². The molecular formula is C21H20FNO5. The van der Waals surface area contributed by atoms with Crippen molar-refractivity contribution >= 4 is 22.8 Å². The number of amides is 1. The van der Waals surface area contributed by atoms with Crippen molar-refractivity contribution in [3.05, 3.63) is 65.2 Å². The lowest BCUT2D eigenvalue weighted by molar-refractivity contribution is -0.124. The summed E-state index contributed by atoms with van der Waals surface area (Å²) in [5.41, 5.74) is 1.88. The van der Waals surface area contributed by atoms with Gasteiger partial charge in [0.1, 0.15) is 17.1 Å². The van der Waals surface area contributed by atoms with Crippen LogP contribution < -0.4 is 10.1 Å². The highest BCUT2D eigenvalue weighted by Crippen LogP contribution is 2.29. The van der Waals surface area contributed by atoms with Crippen LogP contribution in [0, 0.1) is 12.7 Å². The van der Waals surface area contributed by atoms with Crippen LogP contribution >= 0.6 is 0 Å². The highest BCUT2D eigenvalue weighted by atomic mass is 19.1. The Morgan fingerprint density at radius 3 is 2.57 bits per heavy atom. The lowest BCUT2D eigenvalue weighted by Crippen LogP contribution is -2.31. The largest absolute Gasteiger partial charge is 0.497 e. The molecule has 0 saturated carbocycles. The van der Waals surface area contributed by atoms with Crippen LogP contribution in [-0.2, 0) is 9.53 Å². The van der Waals surface area contributed by atoms with Crippen LogP contribution in [0.25, 0.3) is 11.0 Å².